The second-order valence-corrected chi connectivity index (χ2v) is 11.2. The van der Waals surface area contributed by atoms with E-state index in [-0.39, 0.29) is 41.0 Å². The molecule has 8 nitrogen and oxygen atoms in total. The van der Waals surface area contributed by atoms with E-state index in [4.69, 9.17) is 9.15 Å². The molecule has 2 aliphatic rings. The van der Waals surface area contributed by atoms with Gasteiger partial charge in [-0.25, -0.2) is 0 Å². The molecule has 11 heteroatoms. The number of benzene rings is 1. The molecule has 39 heavy (non-hydrogen) atoms. The van der Waals surface area contributed by atoms with Crippen LogP contribution in [-0.2, 0) is 20.5 Å². The first-order chi connectivity index (χ1) is 18.3. The Morgan fingerprint density at radius 3 is 2.33 bits per heavy atom. The third-order valence-corrected chi connectivity index (χ3v) is 7.23. The Morgan fingerprint density at radius 1 is 1.03 bits per heavy atom. The monoisotopic (exact) mass is 549 g/mol. The van der Waals surface area contributed by atoms with Gasteiger partial charge in [-0.3, -0.25) is 14.4 Å². The van der Waals surface area contributed by atoms with Crippen molar-refractivity contribution in [3.05, 3.63) is 47.7 Å². The Kier molecular flexibility index (Phi) is 8.11. The number of nitrogens with one attached hydrogen (secondary N) is 2. The molecule has 212 valence electrons. The number of halogens is 3. The van der Waals surface area contributed by atoms with Gasteiger partial charge in [-0.1, -0.05) is 12.1 Å². The Balaban J connectivity index is 1.40. The van der Waals surface area contributed by atoms with Crippen LogP contribution in [0.1, 0.15) is 62.6 Å². The van der Waals surface area contributed by atoms with E-state index in [1.165, 1.54) is 31.4 Å². The highest BCUT2D eigenvalue weighted by molar-refractivity contribution is 5.96. The zero-order chi connectivity index (χ0) is 28.5. The summed E-state index contributed by atoms with van der Waals surface area (Å²) in [5.74, 6) is -1.52. The van der Waals surface area contributed by atoms with Gasteiger partial charge < -0.3 is 24.7 Å². The van der Waals surface area contributed by atoms with E-state index in [0.29, 0.717) is 31.4 Å². The minimum atomic E-state index is -4.45. The van der Waals surface area contributed by atoms with E-state index in [0.717, 1.165) is 18.6 Å². The minimum Gasteiger partial charge on any atom is -0.469 e. The topological polar surface area (TPSA) is 101 Å². The van der Waals surface area contributed by atoms with Crippen molar-refractivity contribution in [2.24, 2.45) is 5.92 Å². The molecule has 2 heterocycles. The van der Waals surface area contributed by atoms with Crippen LogP contribution in [0.2, 0.25) is 0 Å². The molecule has 0 spiro atoms. The SMILES string of the molecule is COC(=O)C1CC(NC(C)(C)C)CCC1N1CC[C@H](NC(=O)c2ccc(-c3ccc(C(F)(F)F)cc3)o2)C1=O. The lowest BCUT2D eigenvalue weighted by Crippen LogP contribution is -2.55. The molecular formula is C28H34F3N3O5. The number of amides is 2. The molecule has 1 aromatic carbocycles. The van der Waals surface area contributed by atoms with Crippen molar-refractivity contribution in [3.63, 3.8) is 0 Å². The van der Waals surface area contributed by atoms with Gasteiger partial charge in [0.1, 0.15) is 11.8 Å². The number of furan rings is 1. The fourth-order valence-electron chi connectivity index (χ4n) is 5.51. The number of carbonyl (C=O) groups excluding carboxylic acids is 3. The van der Waals surface area contributed by atoms with Crippen molar-refractivity contribution in [1.82, 2.24) is 15.5 Å². The maximum absolute atomic E-state index is 13.3. The van der Waals surface area contributed by atoms with Crippen molar-refractivity contribution in [2.45, 2.75) is 76.3 Å². The molecule has 2 N–H and O–H groups in total. The molecule has 1 aliphatic carbocycles. The average molecular weight is 550 g/mol. The predicted octanol–water partition coefficient (Wildman–Crippen LogP) is 4.39. The van der Waals surface area contributed by atoms with Crippen LogP contribution in [0.4, 0.5) is 13.2 Å². The predicted molar refractivity (Wildman–Crippen MR) is 137 cm³/mol. The Morgan fingerprint density at radius 2 is 1.72 bits per heavy atom. The third-order valence-electron chi connectivity index (χ3n) is 7.23. The average Bonchev–Trinajstić information content (AvgIpc) is 3.50. The second kappa shape index (κ2) is 11.0. The van der Waals surface area contributed by atoms with Crippen molar-refractivity contribution in [1.29, 1.82) is 0 Å². The maximum Gasteiger partial charge on any atom is 0.416 e. The number of likely N-dealkylation sites (tertiary alicyclic amines) is 1. The molecule has 2 aromatic rings. The van der Waals surface area contributed by atoms with E-state index in [2.05, 4.69) is 31.4 Å². The van der Waals surface area contributed by atoms with Gasteiger partial charge >= 0.3 is 12.1 Å². The quantitative estimate of drug-likeness (QED) is 0.519. The number of ether oxygens (including phenoxy) is 1. The highest BCUT2D eigenvalue weighted by Crippen LogP contribution is 2.34. The summed E-state index contributed by atoms with van der Waals surface area (Å²) < 4.78 is 49.1. The van der Waals surface area contributed by atoms with Crippen molar-refractivity contribution in [3.8, 4) is 11.3 Å². The molecule has 1 aromatic heterocycles. The Hall–Kier alpha value is -3.34. The lowest BCUT2D eigenvalue weighted by atomic mass is 9.80. The van der Waals surface area contributed by atoms with Gasteiger partial charge in [0.05, 0.1) is 18.6 Å². The first kappa shape index (κ1) is 28.7. The number of hydrogen-bond donors (Lipinski definition) is 2. The summed E-state index contributed by atoms with van der Waals surface area (Å²) in [5.41, 5.74) is -0.515. The van der Waals surface area contributed by atoms with Crippen LogP contribution in [0.25, 0.3) is 11.3 Å². The summed E-state index contributed by atoms with van der Waals surface area (Å²) in [6.07, 6.45) is -2.09. The first-order valence-corrected chi connectivity index (χ1v) is 13.0. The van der Waals surface area contributed by atoms with Crippen LogP contribution in [0.5, 0.6) is 0 Å². The molecule has 1 saturated heterocycles. The molecule has 1 saturated carbocycles. The van der Waals surface area contributed by atoms with Crippen LogP contribution in [-0.4, -0.2) is 60.0 Å². The van der Waals surface area contributed by atoms with Gasteiger partial charge in [0, 0.05) is 29.7 Å². The normalized spacial score (nSPS) is 24.1. The molecule has 4 atom stereocenters. The van der Waals surface area contributed by atoms with Crippen molar-refractivity contribution in [2.75, 3.05) is 13.7 Å². The van der Waals surface area contributed by atoms with Gasteiger partial charge in [-0.15, -0.1) is 0 Å². The molecule has 2 fully saturated rings. The molecule has 2 amide bonds. The lowest BCUT2D eigenvalue weighted by molar-refractivity contribution is -0.151. The number of methoxy groups -OCH3 is 1. The minimum absolute atomic E-state index is 0.0580. The fourth-order valence-corrected chi connectivity index (χ4v) is 5.51. The number of hydrogen-bond acceptors (Lipinski definition) is 6. The molecule has 4 rings (SSSR count). The van der Waals surface area contributed by atoms with Crippen LogP contribution in [0, 0.1) is 5.92 Å². The smallest absolute Gasteiger partial charge is 0.416 e. The van der Waals surface area contributed by atoms with Crippen LogP contribution in [0.15, 0.2) is 40.8 Å². The van der Waals surface area contributed by atoms with Gasteiger partial charge in [-0.2, -0.15) is 13.2 Å². The van der Waals surface area contributed by atoms with Crippen LogP contribution in [0.3, 0.4) is 0 Å². The molecule has 3 unspecified atom stereocenters. The van der Waals surface area contributed by atoms with E-state index >= 15 is 0 Å². The van der Waals surface area contributed by atoms with Crippen molar-refractivity contribution < 1.29 is 36.7 Å². The van der Waals surface area contributed by atoms with E-state index in [1.54, 1.807) is 4.90 Å². The number of nitrogens with zero attached hydrogens (tertiary/aromatic N) is 1. The van der Waals surface area contributed by atoms with Gasteiger partial charge in [-0.05, 0) is 70.7 Å². The summed E-state index contributed by atoms with van der Waals surface area (Å²) in [6.45, 7) is 6.59. The highest BCUT2D eigenvalue weighted by Gasteiger charge is 2.45. The zero-order valence-corrected chi connectivity index (χ0v) is 22.4. The van der Waals surface area contributed by atoms with Crippen LogP contribution < -0.4 is 10.6 Å². The van der Waals surface area contributed by atoms with E-state index in [1.807, 2.05) is 0 Å². The summed E-state index contributed by atoms with van der Waals surface area (Å²) in [4.78, 5) is 40.5. The number of esters is 1. The lowest BCUT2D eigenvalue weighted by Gasteiger charge is -2.41. The maximum atomic E-state index is 13.3. The van der Waals surface area contributed by atoms with Crippen molar-refractivity contribution >= 4 is 17.8 Å². The molecule has 0 bridgehead atoms. The van der Waals surface area contributed by atoms with Gasteiger partial charge in [0.25, 0.3) is 5.91 Å². The molecule has 0 radical (unpaired) electrons. The van der Waals surface area contributed by atoms with Crippen LogP contribution >= 0.6 is 0 Å². The first-order valence-electron chi connectivity index (χ1n) is 13.0. The molecule has 1 aliphatic heterocycles. The standard InChI is InChI=1S/C28H34F3N3O5/c1-27(2,3)33-18-9-10-21(19(15-18)26(37)38-4)34-14-13-20(25(34)36)32-24(35)23-12-11-22(39-23)16-5-7-17(8-6-16)28(29,30)31/h5-8,11-12,18-21,33H,9-10,13-15H2,1-4H3,(H,32,35)/t18?,19?,20-,21?/m0/s1. The number of rotatable bonds is 6. The number of alkyl halides is 3. The second-order valence-electron chi connectivity index (χ2n) is 11.2. The highest BCUT2D eigenvalue weighted by atomic mass is 19.4. The summed E-state index contributed by atoms with van der Waals surface area (Å²) in [7, 11) is 1.34. The van der Waals surface area contributed by atoms with Gasteiger partial charge in [0.15, 0.2) is 5.76 Å². The fraction of sp³-hybridized carbons (Fsp3) is 0.536. The zero-order valence-electron chi connectivity index (χ0n) is 22.4. The Bertz CT molecular complexity index is 1200. The van der Waals surface area contributed by atoms with E-state index in [9.17, 15) is 27.6 Å². The molecular weight excluding hydrogens is 515 g/mol. The third kappa shape index (κ3) is 6.63. The summed E-state index contributed by atoms with van der Waals surface area (Å²) in [5, 5.41) is 6.24. The van der Waals surface area contributed by atoms with E-state index < -0.39 is 29.6 Å². The largest absolute Gasteiger partial charge is 0.469 e. The van der Waals surface area contributed by atoms with Gasteiger partial charge in [0.2, 0.25) is 5.91 Å². The summed E-state index contributed by atoms with van der Waals surface area (Å²) in [6, 6.07) is 6.35. The summed E-state index contributed by atoms with van der Waals surface area (Å²) >= 11 is 0. The number of carbonyl (C=O) groups is 3. The Labute approximate surface area is 225 Å².